The molecule has 17 rings (SSSR count). The molecule has 678 valence electrons. The van der Waals surface area contributed by atoms with Gasteiger partial charge in [0.05, 0.1) is 97.9 Å². The van der Waals surface area contributed by atoms with Gasteiger partial charge in [-0.3, -0.25) is 18.9 Å². The molecule has 14 aromatic rings. The predicted molar refractivity (Wildman–Crippen MR) is 571 cm³/mol. The molecule has 0 saturated carbocycles. The van der Waals surface area contributed by atoms with Crippen LogP contribution < -0.4 is 35.9 Å². The van der Waals surface area contributed by atoms with Crippen molar-refractivity contribution in [3.8, 4) is 46.2 Å². The summed E-state index contributed by atoms with van der Waals surface area (Å²) in [7, 11) is -1.45. The minimum Gasteiger partial charge on any atom is -0.478 e. The first kappa shape index (κ1) is 105. The molecule has 0 aliphatic carbocycles. The molecule has 33 heteroatoms. The first-order valence-corrected chi connectivity index (χ1v) is 51.1. The lowest BCUT2D eigenvalue weighted by atomic mass is 9.73. The summed E-state index contributed by atoms with van der Waals surface area (Å²) in [5.41, 5.74) is 30.4. The number of hydrogen-bond acceptors (Lipinski definition) is 14. The minimum atomic E-state index is -3.22. The van der Waals surface area contributed by atoms with E-state index in [1.165, 1.54) is 51.6 Å². The standard InChI is InChI=1S/C50H38N4.C21H20BNO2.C8H6Br2N2O2.2C8H2Br2N2.C8H4Br2O4.Cl3OP/c1-49(2)40-14-6-10-18-45(40)53(46-19-11-7-15-41(46)49)36-26-22-33(23-27-36)38-31-44(52-5)39(30-35(38)32-51)34-24-28-37(29-25-34)54-47-20-12-8-16-42(47)50(3,4)43-17-9-13-21-48(43)54;1-21(2)17-7-3-5-9-19(17)23(20-10-6-4-8-18(20)21)16-13-11-15(12-14-16)22(24)25;9-5-2-7(12-3-13)6(10)1-4(5)8(11)14;2*1-12-8-3-6(9)5(4-11)2-7(8)10;9-5-2-7(14-3-11)6(10)1-4(5)8(12)13;1-5(2,3)4/h6-31H,1-4H3;3-14,24-25H,1-2H3;1-3H,(H2,11,14)(H,12,13);2*2-3H;1-3H,(H,12,13);. The zero-order chi connectivity index (χ0) is 99.0. The normalized spacial score (nSPS) is 12.4. The number of para-hydroxylation sites is 6. The molecule has 0 saturated heterocycles. The average Bonchev–Trinajstić information content (AvgIpc) is 0.734. The van der Waals surface area contributed by atoms with Crippen LogP contribution in [0.5, 0.6) is 5.75 Å². The lowest BCUT2D eigenvalue weighted by molar-refractivity contribution is -0.120. The van der Waals surface area contributed by atoms with Crippen LogP contribution >= 0.6 is 166 Å². The Labute approximate surface area is 868 Å². The van der Waals surface area contributed by atoms with Gasteiger partial charge in [0.2, 0.25) is 23.7 Å². The van der Waals surface area contributed by atoms with E-state index in [-0.39, 0.29) is 34.0 Å². The first-order valence-electron chi connectivity index (χ1n) is 40.4. The maximum atomic E-state index is 10.9. The number of nitrogens with one attached hydrogen (secondary N) is 1. The van der Waals surface area contributed by atoms with E-state index in [2.05, 4.69) is 442 Å². The van der Waals surface area contributed by atoms with Gasteiger partial charge in [0, 0.05) is 64.6 Å². The van der Waals surface area contributed by atoms with Crippen molar-refractivity contribution in [2.75, 3.05) is 20.0 Å². The van der Waals surface area contributed by atoms with Gasteiger partial charge in [0.15, 0.2) is 5.69 Å². The molecular weight excluding hydrogens is 2320 g/mol. The van der Waals surface area contributed by atoms with Crippen molar-refractivity contribution in [2.24, 2.45) is 5.73 Å². The van der Waals surface area contributed by atoms with Crippen LogP contribution in [0.3, 0.4) is 0 Å². The number of nitrogens with two attached hydrogens (primary N) is 1. The smallest absolute Gasteiger partial charge is 0.478 e. The predicted octanol–water partition coefficient (Wildman–Crippen LogP) is 31.5. The number of carboxylic acids is 1. The van der Waals surface area contributed by atoms with Crippen LogP contribution in [0, 0.1) is 53.7 Å². The molecule has 0 aromatic heterocycles. The summed E-state index contributed by atoms with van der Waals surface area (Å²) in [6.45, 7) is 35.7. The summed E-state index contributed by atoms with van der Waals surface area (Å²) in [6, 6.07) is 98.1. The second-order valence-corrected chi connectivity index (χ2v) is 44.8. The van der Waals surface area contributed by atoms with Crippen LogP contribution in [-0.4, -0.2) is 47.0 Å². The molecule has 0 spiro atoms. The molecule has 0 fully saturated rings. The van der Waals surface area contributed by atoms with Gasteiger partial charge in [0.25, 0.3) is 6.47 Å². The van der Waals surface area contributed by atoms with Gasteiger partial charge in [-0.05, 0) is 292 Å². The van der Waals surface area contributed by atoms with Crippen molar-refractivity contribution >= 4 is 278 Å². The zero-order valence-electron chi connectivity index (χ0n) is 72.3. The SMILES string of the molecule is CC1(C)c2ccccc2N(c2ccc(B(O)O)cc2)c2ccccc21.NC(=O)c1cc(Br)c(NC=O)cc1Br.O=COc1cc(Br)c(C(=O)O)cc1Br.O=P(Cl)(Cl)Cl.[C-]#[N+]c1cc(-c2ccc(N3c4ccccc4C(C)(C)c4ccccc43)cc2)c(C#N)cc1-c1ccc(N2c3ccccc3C(C)(C)c3ccccc32)cc1.[C-]#[N+]c1cc(Br)c(C#N)cc1Br.[C-]#[N+]c1cc(Br)c(C#N)cc1Br. The minimum absolute atomic E-state index is 0.0785. The molecule has 3 aliphatic rings. The number of amides is 2. The highest BCUT2D eigenvalue weighted by Gasteiger charge is 2.40. The maximum Gasteiger partial charge on any atom is 0.488 e. The second kappa shape index (κ2) is 45.9. The van der Waals surface area contributed by atoms with Crippen LogP contribution in [0.2, 0.25) is 0 Å². The Morgan fingerprint density at radius 1 is 0.426 bits per heavy atom. The van der Waals surface area contributed by atoms with E-state index in [9.17, 15) is 39.1 Å². The molecule has 3 heterocycles. The van der Waals surface area contributed by atoms with Gasteiger partial charge in [-0.25, -0.2) is 19.3 Å². The number of anilines is 10. The van der Waals surface area contributed by atoms with E-state index in [0.29, 0.717) is 92.7 Å². The van der Waals surface area contributed by atoms with E-state index >= 15 is 0 Å². The van der Waals surface area contributed by atoms with Crippen molar-refractivity contribution in [1.82, 2.24) is 0 Å². The van der Waals surface area contributed by atoms with Gasteiger partial charge in [-0.1, -0.05) is 251 Å². The van der Waals surface area contributed by atoms with E-state index in [4.69, 9.17) is 41.1 Å². The van der Waals surface area contributed by atoms with Gasteiger partial charge in [0.1, 0.15) is 17.9 Å². The summed E-state index contributed by atoms with van der Waals surface area (Å²) in [5.74, 6) is -1.33. The van der Waals surface area contributed by atoms with Gasteiger partial charge in [-0.2, -0.15) is 15.8 Å². The molecule has 0 unspecified atom stereocenters. The molecule has 14 aromatic carbocycles. The number of halogens is 11. The number of aromatic carboxylic acids is 1. The van der Waals surface area contributed by atoms with Crippen molar-refractivity contribution in [3.63, 3.8) is 0 Å². The fourth-order valence-electron chi connectivity index (χ4n) is 15.6. The summed E-state index contributed by atoms with van der Waals surface area (Å²) in [5, 5.41) is 54.4. The number of carboxylic acid groups (broad SMARTS) is 1. The summed E-state index contributed by atoms with van der Waals surface area (Å²) >= 11 is 39.1. The quantitative estimate of drug-likeness (QED) is 0.0329. The van der Waals surface area contributed by atoms with E-state index < -0.39 is 24.2 Å². The highest BCUT2D eigenvalue weighted by Crippen LogP contribution is 2.62. The number of benzene rings is 14. The van der Waals surface area contributed by atoms with Crippen molar-refractivity contribution in [2.45, 2.75) is 57.8 Å². The Morgan fingerprint density at radius 2 is 0.750 bits per heavy atom. The summed E-state index contributed by atoms with van der Waals surface area (Å²) < 4.78 is 18.6. The number of nitriles is 3. The average molecular weight is 2400 g/mol. The lowest BCUT2D eigenvalue weighted by Gasteiger charge is -2.42. The zero-order valence-corrected chi connectivity index (χ0v) is 88.1. The number of carbonyl (C=O) groups excluding carboxylic acids is 3. The molecule has 136 heavy (non-hydrogen) atoms. The van der Waals surface area contributed by atoms with Crippen molar-refractivity contribution in [3.05, 3.63) is 410 Å². The third-order valence-electron chi connectivity index (χ3n) is 22.1. The van der Waals surface area contributed by atoms with Crippen LogP contribution in [0.1, 0.15) is 112 Å². The largest absolute Gasteiger partial charge is 0.488 e. The number of hydrogen-bond donors (Lipinski definition) is 5. The Bertz CT molecular complexity index is 6740. The monoisotopic (exact) mass is 2380 g/mol. The first-order chi connectivity index (χ1) is 64.7. The molecule has 20 nitrogen and oxygen atoms in total. The number of primary amides is 1. The molecule has 0 radical (unpaired) electrons. The topological polar surface area (TPSA) is 287 Å². The Hall–Kier alpha value is -11.8. The fraction of sp³-hybridized carbons (Fsp3) is 0.0874. The van der Waals surface area contributed by atoms with Crippen LogP contribution in [0.25, 0.3) is 36.8 Å². The van der Waals surface area contributed by atoms with Crippen molar-refractivity contribution < 1.29 is 43.6 Å². The lowest BCUT2D eigenvalue weighted by Crippen LogP contribution is -2.31. The van der Waals surface area contributed by atoms with Gasteiger partial charge < -0.3 is 45.6 Å². The third-order valence-corrected chi connectivity index (χ3v) is 27.3. The van der Waals surface area contributed by atoms with Crippen molar-refractivity contribution in [1.29, 1.82) is 15.8 Å². The highest BCUT2D eigenvalue weighted by molar-refractivity contribution is 9.12. The second-order valence-electron chi connectivity index (χ2n) is 31.3. The number of carbonyl (C=O) groups is 4. The number of fused-ring (bicyclic) bond motifs is 6. The van der Waals surface area contributed by atoms with E-state index in [0.717, 1.165) is 73.4 Å². The highest BCUT2D eigenvalue weighted by atomic mass is 79.9. The maximum absolute atomic E-state index is 10.9. The molecular formula is C103H72BBr8Cl3N11O9P. The van der Waals surface area contributed by atoms with Crippen LogP contribution in [0.15, 0.2) is 315 Å². The van der Waals surface area contributed by atoms with Gasteiger partial charge in [-0.15, -0.1) is 0 Å². The fourth-order valence-corrected chi connectivity index (χ4v) is 19.3. The number of rotatable bonds is 12. The van der Waals surface area contributed by atoms with Crippen LogP contribution in [-0.2, 0) is 30.4 Å². The Morgan fingerprint density at radius 3 is 1.06 bits per heavy atom. The summed E-state index contributed by atoms with van der Waals surface area (Å²) in [6.07, 6.45) is 0.552. The molecule has 3 aliphatic heterocycles. The van der Waals surface area contributed by atoms with E-state index in [1.807, 2.05) is 36.4 Å². The Kier molecular flexibility index (Phi) is 35.3. The van der Waals surface area contributed by atoms with E-state index in [1.54, 1.807) is 42.5 Å². The van der Waals surface area contributed by atoms with Crippen LogP contribution in [0.4, 0.5) is 73.9 Å². The third kappa shape index (κ3) is 23.9. The Balaban J connectivity index is 0.000000178. The molecule has 2 amide bonds. The molecule has 0 bridgehead atoms. The molecule has 0 atom stereocenters. The number of ether oxygens (including phenoxy) is 1. The summed E-state index contributed by atoms with van der Waals surface area (Å²) in [4.78, 5) is 59.3. The molecule has 6 N–H and O–H groups in total. The van der Waals surface area contributed by atoms with Gasteiger partial charge >= 0.3 is 18.3 Å². The number of nitrogens with zero attached hydrogens (tertiary/aromatic N) is 9.